The van der Waals surface area contributed by atoms with Gasteiger partial charge >= 0.3 is 0 Å². The second kappa shape index (κ2) is 6.57. The first-order valence-electron chi connectivity index (χ1n) is 7.76. The van der Waals surface area contributed by atoms with Gasteiger partial charge in [0, 0.05) is 11.3 Å². The molecule has 4 nitrogen and oxygen atoms in total. The minimum Gasteiger partial charge on any atom is -0.493 e. The van der Waals surface area contributed by atoms with Gasteiger partial charge in [-0.25, -0.2) is 0 Å². The lowest BCUT2D eigenvalue weighted by molar-refractivity contribution is 0.271. The van der Waals surface area contributed by atoms with E-state index >= 15 is 0 Å². The zero-order chi connectivity index (χ0) is 16.2. The molecule has 2 aromatic carbocycles. The zero-order valence-corrected chi connectivity index (χ0v) is 13.4. The molecule has 0 radical (unpaired) electrons. The predicted molar refractivity (Wildman–Crippen MR) is 94.2 cm³/mol. The number of hydrogen-bond acceptors (Lipinski definition) is 3. The number of aromatic amines is 1. The third-order valence-electron chi connectivity index (χ3n) is 3.51. The van der Waals surface area contributed by atoms with Crippen LogP contribution < -0.4 is 10.5 Å². The third kappa shape index (κ3) is 3.72. The number of hydrogen-bond donors (Lipinski definition) is 2. The van der Waals surface area contributed by atoms with Crippen LogP contribution >= 0.6 is 0 Å². The van der Waals surface area contributed by atoms with Gasteiger partial charge in [0.2, 0.25) is 0 Å². The Morgan fingerprint density at radius 2 is 1.83 bits per heavy atom. The average molecular weight is 307 g/mol. The highest BCUT2D eigenvalue weighted by atomic mass is 16.5. The molecule has 0 aliphatic rings. The zero-order valence-electron chi connectivity index (χ0n) is 13.4. The van der Waals surface area contributed by atoms with Crippen molar-refractivity contribution in [2.24, 2.45) is 5.92 Å². The Morgan fingerprint density at radius 3 is 2.52 bits per heavy atom. The molecule has 3 aromatic rings. The minimum absolute atomic E-state index is 0.517. The third-order valence-corrected chi connectivity index (χ3v) is 3.51. The van der Waals surface area contributed by atoms with Crippen LogP contribution in [0.15, 0.2) is 54.6 Å². The van der Waals surface area contributed by atoms with Gasteiger partial charge < -0.3 is 10.5 Å². The van der Waals surface area contributed by atoms with E-state index in [0.29, 0.717) is 5.92 Å². The summed E-state index contributed by atoms with van der Waals surface area (Å²) in [7, 11) is 0. The normalized spacial score (nSPS) is 10.9. The Bertz CT molecular complexity index is 775. The minimum atomic E-state index is 0.517. The van der Waals surface area contributed by atoms with Gasteiger partial charge in [0.1, 0.15) is 5.75 Å². The molecule has 0 unspecified atom stereocenters. The lowest BCUT2D eigenvalue weighted by Crippen LogP contribution is -2.04. The van der Waals surface area contributed by atoms with Crippen LogP contribution in [0.1, 0.15) is 13.8 Å². The smallest absolute Gasteiger partial charge is 0.119 e. The van der Waals surface area contributed by atoms with Gasteiger partial charge in [-0.1, -0.05) is 26.0 Å². The van der Waals surface area contributed by atoms with Crippen LogP contribution in [0.2, 0.25) is 0 Å². The number of rotatable bonds is 5. The summed E-state index contributed by atoms with van der Waals surface area (Å²) in [6.45, 7) is 5.00. The molecule has 1 aromatic heterocycles. The second-order valence-corrected chi connectivity index (χ2v) is 6.02. The van der Waals surface area contributed by atoms with Crippen molar-refractivity contribution in [3.63, 3.8) is 0 Å². The quantitative estimate of drug-likeness (QED) is 0.688. The fraction of sp³-hybridized carbons (Fsp3) is 0.211. The van der Waals surface area contributed by atoms with Gasteiger partial charge in [-0.15, -0.1) is 0 Å². The van der Waals surface area contributed by atoms with E-state index in [1.807, 2.05) is 54.6 Å². The highest BCUT2D eigenvalue weighted by molar-refractivity contribution is 5.70. The monoisotopic (exact) mass is 307 g/mol. The first kappa shape index (κ1) is 15.2. The number of aromatic nitrogens is 2. The largest absolute Gasteiger partial charge is 0.493 e. The van der Waals surface area contributed by atoms with E-state index in [1.54, 1.807) is 0 Å². The second-order valence-electron chi connectivity index (χ2n) is 6.02. The Labute approximate surface area is 136 Å². The molecule has 0 aliphatic carbocycles. The maximum Gasteiger partial charge on any atom is 0.119 e. The van der Waals surface area contributed by atoms with Crippen molar-refractivity contribution in [1.82, 2.24) is 10.2 Å². The highest BCUT2D eigenvalue weighted by Crippen LogP contribution is 2.26. The molecular weight excluding hydrogens is 286 g/mol. The van der Waals surface area contributed by atoms with Crippen molar-refractivity contribution in [3.05, 3.63) is 54.6 Å². The Balaban J connectivity index is 1.77. The topological polar surface area (TPSA) is 63.9 Å². The molecule has 4 heteroatoms. The molecule has 3 rings (SSSR count). The molecule has 0 saturated heterocycles. The van der Waals surface area contributed by atoms with E-state index in [1.165, 1.54) is 0 Å². The van der Waals surface area contributed by atoms with Gasteiger partial charge in [0.05, 0.1) is 18.0 Å². The van der Waals surface area contributed by atoms with Crippen LogP contribution in [-0.4, -0.2) is 16.8 Å². The summed E-state index contributed by atoms with van der Waals surface area (Å²) in [5.41, 5.74) is 10.5. The van der Waals surface area contributed by atoms with Crippen LogP contribution in [0.4, 0.5) is 5.69 Å². The maximum absolute atomic E-state index is 5.83. The molecule has 118 valence electrons. The Hall–Kier alpha value is -2.75. The first-order valence-corrected chi connectivity index (χ1v) is 7.76. The number of benzene rings is 2. The van der Waals surface area contributed by atoms with Crippen LogP contribution in [0.5, 0.6) is 5.75 Å². The van der Waals surface area contributed by atoms with E-state index in [9.17, 15) is 0 Å². The number of nitrogens with zero attached hydrogens (tertiary/aromatic N) is 1. The Morgan fingerprint density at radius 1 is 1.04 bits per heavy atom. The van der Waals surface area contributed by atoms with Crippen molar-refractivity contribution in [3.8, 4) is 28.3 Å². The van der Waals surface area contributed by atoms with Gasteiger partial charge in [-0.05, 0) is 53.9 Å². The van der Waals surface area contributed by atoms with Crippen molar-refractivity contribution < 1.29 is 4.74 Å². The van der Waals surface area contributed by atoms with E-state index in [-0.39, 0.29) is 0 Å². The molecule has 0 atom stereocenters. The van der Waals surface area contributed by atoms with Crippen LogP contribution in [0, 0.1) is 5.92 Å². The van der Waals surface area contributed by atoms with E-state index in [0.717, 1.165) is 40.6 Å². The number of ether oxygens (including phenoxy) is 1. The molecule has 0 bridgehead atoms. The van der Waals surface area contributed by atoms with Crippen molar-refractivity contribution >= 4 is 5.69 Å². The number of H-pyrrole nitrogens is 1. The molecule has 0 fully saturated rings. The summed E-state index contributed by atoms with van der Waals surface area (Å²) in [5, 5.41) is 7.45. The molecule has 0 aliphatic heterocycles. The lowest BCUT2D eigenvalue weighted by Gasteiger charge is -2.08. The van der Waals surface area contributed by atoms with E-state index < -0.39 is 0 Å². The first-order chi connectivity index (χ1) is 11.1. The van der Waals surface area contributed by atoms with E-state index in [2.05, 4.69) is 24.0 Å². The summed E-state index contributed by atoms with van der Waals surface area (Å²) >= 11 is 0. The van der Waals surface area contributed by atoms with Crippen molar-refractivity contribution in [2.45, 2.75) is 13.8 Å². The predicted octanol–water partition coefficient (Wildman–Crippen LogP) is 4.36. The molecule has 0 amide bonds. The van der Waals surface area contributed by atoms with Gasteiger partial charge in [0.15, 0.2) is 0 Å². The number of anilines is 1. The Kier molecular flexibility index (Phi) is 4.33. The van der Waals surface area contributed by atoms with Gasteiger partial charge in [0.25, 0.3) is 0 Å². The summed E-state index contributed by atoms with van der Waals surface area (Å²) in [6, 6.07) is 17.8. The van der Waals surface area contributed by atoms with Gasteiger partial charge in [-0.2, -0.15) is 5.10 Å². The number of nitrogens with one attached hydrogen (secondary N) is 1. The number of nitrogens with two attached hydrogens (primary N) is 1. The lowest BCUT2D eigenvalue weighted by atomic mass is 10.1. The molecule has 1 heterocycles. The van der Waals surface area contributed by atoms with Gasteiger partial charge in [-0.3, -0.25) is 5.10 Å². The highest BCUT2D eigenvalue weighted by Gasteiger charge is 2.06. The van der Waals surface area contributed by atoms with Crippen molar-refractivity contribution in [1.29, 1.82) is 0 Å². The van der Waals surface area contributed by atoms with Crippen LogP contribution in [-0.2, 0) is 0 Å². The molecule has 23 heavy (non-hydrogen) atoms. The SMILES string of the molecule is CC(C)COc1ccc(-c2cc(-c3cccc(N)c3)n[nH]2)cc1. The van der Waals surface area contributed by atoms with E-state index in [4.69, 9.17) is 10.5 Å². The fourth-order valence-electron chi connectivity index (χ4n) is 2.31. The summed E-state index contributed by atoms with van der Waals surface area (Å²) in [6.07, 6.45) is 0. The standard InChI is InChI=1S/C19H21N3O/c1-13(2)12-23-17-8-6-14(7-9-17)18-11-19(22-21-18)15-4-3-5-16(20)10-15/h3-11,13H,12,20H2,1-2H3,(H,21,22). The summed E-state index contributed by atoms with van der Waals surface area (Å²) in [5.74, 6) is 1.40. The molecule has 0 saturated carbocycles. The van der Waals surface area contributed by atoms with Crippen molar-refractivity contribution in [2.75, 3.05) is 12.3 Å². The summed E-state index contributed by atoms with van der Waals surface area (Å²) < 4.78 is 5.71. The fourth-order valence-corrected chi connectivity index (χ4v) is 2.31. The average Bonchev–Trinajstić information content (AvgIpc) is 3.03. The molecular formula is C19H21N3O. The molecule has 3 N–H and O–H groups in total. The summed E-state index contributed by atoms with van der Waals surface area (Å²) in [4.78, 5) is 0. The van der Waals surface area contributed by atoms with Crippen LogP contribution in [0.3, 0.4) is 0 Å². The maximum atomic E-state index is 5.83. The number of nitrogen functional groups attached to an aromatic ring is 1. The molecule has 0 spiro atoms. The van der Waals surface area contributed by atoms with Crippen LogP contribution in [0.25, 0.3) is 22.5 Å².